The van der Waals surface area contributed by atoms with Crippen molar-refractivity contribution in [2.45, 2.75) is 18.4 Å². The smallest absolute Gasteiger partial charge is 0.396 e. The summed E-state index contributed by atoms with van der Waals surface area (Å²) in [6, 6.07) is 0. The lowest BCUT2D eigenvalue weighted by Crippen LogP contribution is -2.28. The number of nitrogens with zero attached hydrogens (tertiary/aromatic N) is 4. The largest absolute Gasteiger partial charge is 0.488 e. The minimum absolute atomic E-state index is 0.0701. The lowest BCUT2D eigenvalue weighted by atomic mass is 9.99. The van der Waals surface area contributed by atoms with Gasteiger partial charge in [0.05, 0.1) is 19.0 Å². The summed E-state index contributed by atoms with van der Waals surface area (Å²) >= 11 is 0. The summed E-state index contributed by atoms with van der Waals surface area (Å²) in [5, 5.41) is 20.2. The van der Waals surface area contributed by atoms with Crippen molar-refractivity contribution in [2.24, 2.45) is 5.92 Å². The molecule has 0 bridgehead atoms. The molecule has 0 spiro atoms. The van der Waals surface area contributed by atoms with Crippen LogP contribution in [0.25, 0.3) is 11.2 Å². The van der Waals surface area contributed by atoms with Gasteiger partial charge in [0.15, 0.2) is 17.7 Å². The average Bonchev–Trinajstić information content (AvgIpc) is 3.18. The maximum absolute atomic E-state index is 12.0. The number of nitrogen functional groups attached to an aromatic ring is 1. The Morgan fingerprint density at radius 1 is 1.16 bits per heavy atom. The van der Waals surface area contributed by atoms with Crippen LogP contribution in [0.15, 0.2) is 24.5 Å². The minimum atomic E-state index is -5.62. The van der Waals surface area contributed by atoms with Crippen LogP contribution in [0.5, 0.6) is 0 Å². The van der Waals surface area contributed by atoms with Gasteiger partial charge < -0.3 is 40.3 Å². The lowest BCUT2D eigenvalue weighted by molar-refractivity contribution is -0.0234. The first-order valence-corrected chi connectivity index (χ1v) is 13.1. The van der Waals surface area contributed by atoms with Crippen molar-refractivity contribution < 1.29 is 56.8 Å². The Balaban J connectivity index is 1.81. The molecule has 0 aromatic carbocycles. The molecule has 8 N–H and O–H groups in total. The van der Waals surface area contributed by atoms with E-state index in [-0.39, 0.29) is 17.0 Å². The molecule has 2 aromatic rings. The number of aliphatic hydroxyl groups is 2. The van der Waals surface area contributed by atoms with E-state index in [1.54, 1.807) is 0 Å². The highest BCUT2D eigenvalue weighted by Gasteiger charge is 2.44. The zero-order valence-corrected chi connectivity index (χ0v) is 18.3. The molecule has 1 saturated heterocycles. The van der Waals surface area contributed by atoms with E-state index < -0.39 is 54.2 Å². The van der Waals surface area contributed by atoms with Gasteiger partial charge in [0, 0.05) is 11.7 Å². The first-order valence-electron chi connectivity index (χ1n) is 8.43. The molecule has 0 aliphatic carbocycles. The predicted octanol–water partition coefficient (Wildman–Crippen LogP) is -0.799. The molecule has 178 valence electrons. The van der Waals surface area contributed by atoms with Gasteiger partial charge in [0.2, 0.25) is 0 Å². The number of aliphatic hydroxyl groups excluding tert-OH is 2. The van der Waals surface area contributed by atoms with Crippen LogP contribution >= 0.6 is 23.2 Å². The molecule has 32 heavy (non-hydrogen) atoms. The maximum Gasteiger partial charge on any atom is 0.488 e. The molecule has 2 unspecified atom stereocenters. The third kappa shape index (κ3) is 5.66. The number of phosphoric acid groups is 2. The Hall–Kier alpha value is -1.58. The van der Waals surface area contributed by atoms with Crippen LogP contribution in [0.4, 0.5) is 5.82 Å². The molecule has 6 atom stereocenters. The van der Waals surface area contributed by atoms with Crippen molar-refractivity contribution in [1.29, 1.82) is 0 Å². The van der Waals surface area contributed by atoms with Crippen LogP contribution in [0.1, 0.15) is 6.23 Å². The van der Waals surface area contributed by atoms with E-state index in [0.29, 0.717) is 5.82 Å². The Bertz CT molecular complexity index is 1170. The van der Waals surface area contributed by atoms with Crippen molar-refractivity contribution in [3.05, 3.63) is 24.5 Å². The Morgan fingerprint density at radius 2 is 1.84 bits per heavy atom. The van der Waals surface area contributed by atoms with Crippen LogP contribution in [-0.2, 0) is 27.1 Å². The molecular formula is C12H18N5O12P3. The predicted molar refractivity (Wildman–Crippen MR) is 103 cm³/mol. The van der Waals surface area contributed by atoms with Crippen LogP contribution in [0.3, 0.4) is 0 Å². The first-order chi connectivity index (χ1) is 14.7. The quantitative estimate of drug-likeness (QED) is 0.211. The number of nitrogens with two attached hydrogens (primary N) is 1. The van der Waals surface area contributed by atoms with E-state index in [2.05, 4.69) is 23.6 Å². The number of ether oxygens (including phenoxy) is 1. The third-order valence-electron chi connectivity index (χ3n) is 4.22. The van der Waals surface area contributed by atoms with E-state index in [0.717, 1.165) is 12.4 Å². The number of hydrogen-bond donors (Lipinski definition) is 7. The molecule has 2 aromatic heterocycles. The van der Waals surface area contributed by atoms with E-state index in [9.17, 15) is 33.7 Å². The molecule has 0 radical (unpaired) electrons. The molecule has 20 heteroatoms. The van der Waals surface area contributed by atoms with E-state index in [1.807, 2.05) is 0 Å². The SMILES string of the molecule is Nc1ncnc2c1ncn2[C@@H]1O[C@H](/C=C/P(=O)(O)OP(=O)(O)OP(=O)(O)O)[C@@H](CO)[C@H]1O. The van der Waals surface area contributed by atoms with E-state index >= 15 is 0 Å². The number of anilines is 1. The molecule has 0 saturated carbocycles. The van der Waals surface area contributed by atoms with Gasteiger partial charge >= 0.3 is 23.2 Å². The van der Waals surface area contributed by atoms with Gasteiger partial charge in [-0.1, -0.05) is 0 Å². The summed E-state index contributed by atoms with van der Waals surface area (Å²) in [6.45, 7) is -0.632. The highest BCUT2D eigenvalue weighted by atomic mass is 31.3. The second-order valence-electron chi connectivity index (χ2n) is 6.44. The van der Waals surface area contributed by atoms with Crippen LogP contribution < -0.4 is 5.73 Å². The van der Waals surface area contributed by atoms with E-state index in [1.165, 1.54) is 10.9 Å². The number of aromatic nitrogens is 4. The molecular weight excluding hydrogens is 499 g/mol. The zero-order valence-electron chi connectivity index (χ0n) is 15.7. The van der Waals surface area contributed by atoms with Crippen molar-refractivity contribution in [3.8, 4) is 0 Å². The molecule has 3 rings (SSSR count). The average molecular weight is 517 g/mol. The monoisotopic (exact) mass is 517 g/mol. The van der Waals surface area contributed by atoms with Crippen molar-refractivity contribution in [3.63, 3.8) is 0 Å². The first kappa shape index (κ1) is 25.1. The van der Waals surface area contributed by atoms with Gasteiger partial charge in [-0.25, -0.2) is 28.4 Å². The summed E-state index contributed by atoms with van der Waals surface area (Å²) in [7, 11) is -16.2. The maximum atomic E-state index is 12.0. The second-order valence-corrected chi connectivity index (χ2v) is 11.1. The van der Waals surface area contributed by atoms with Gasteiger partial charge in [-0.05, 0) is 6.08 Å². The standard InChI is InChI=1S/C12H18N5O12P3/c13-10-8-11(15-4-14-10)17(5-16-8)12-9(19)6(3-18)7(27-12)1-2-30(20,21)28-32(25,26)29-31(22,23)24/h1-2,4-7,9,12,18-19H,3H2,(H,20,21)(H,25,26)(H2,13,14,15)(H2,22,23,24)/b2-1+/t6-,7-,9-,12-/m1/s1. The Kier molecular flexibility index (Phi) is 7.04. The van der Waals surface area contributed by atoms with Gasteiger partial charge in [-0.15, -0.1) is 0 Å². The topological polar surface area (TPSA) is 270 Å². The van der Waals surface area contributed by atoms with Crippen molar-refractivity contribution >= 4 is 40.2 Å². The Labute approximate surface area is 178 Å². The fraction of sp³-hybridized carbons (Fsp3) is 0.417. The number of imidazole rings is 1. The number of fused-ring (bicyclic) bond motifs is 1. The summed E-state index contributed by atoms with van der Waals surface area (Å²) in [5.74, 6) is -0.575. The van der Waals surface area contributed by atoms with Gasteiger partial charge in [-0.2, -0.15) is 4.31 Å². The Morgan fingerprint density at radius 3 is 2.47 bits per heavy atom. The molecule has 1 fully saturated rings. The molecule has 3 heterocycles. The zero-order chi connectivity index (χ0) is 23.9. The summed E-state index contributed by atoms with van der Waals surface area (Å²) in [4.78, 5) is 47.8. The number of rotatable bonds is 8. The van der Waals surface area contributed by atoms with Crippen LogP contribution in [0, 0.1) is 5.92 Å². The normalized spacial score (nSPS) is 28.2. The van der Waals surface area contributed by atoms with Gasteiger partial charge in [0.1, 0.15) is 17.9 Å². The lowest BCUT2D eigenvalue weighted by Gasteiger charge is -2.17. The summed E-state index contributed by atoms with van der Waals surface area (Å²) in [6.07, 6.45) is -0.450. The molecule has 1 aliphatic rings. The fourth-order valence-electron chi connectivity index (χ4n) is 2.95. The minimum Gasteiger partial charge on any atom is -0.396 e. The molecule has 0 amide bonds. The van der Waals surface area contributed by atoms with Crippen LogP contribution in [-0.4, -0.2) is 68.1 Å². The highest BCUT2D eigenvalue weighted by Crippen LogP contribution is 2.66. The third-order valence-corrected chi connectivity index (χ3v) is 8.20. The van der Waals surface area contributed by atoms with Crippen LogP contribution in [0.2, 0.25) is 0 Å². The van der Waals surface area contributed by atoms with E-state index in [4.69, 9.17) is 20.3 Å². The second kappa shape index (κ2) is 8.99. The fourth-order valence-corrected chi connectivity index (χ4v) is 6.20. The summed E-state index contributed by atoms with van der Waals surface area (Å²) < 4.78 is 48.5. The molecule has 17 nitrogen and oxygen atoms in total. The molecule has 1 aliphatic heterocycles. The van der Waals surface area contributed by atoms with Crippen molar-refractivity contribution in [1.82, 2.24) is 19.5 Å². The summed E-state index contributed by atoms with van der Waals surface area (Å²) in [5.41, 5.74) is 6.14. The van der Waals surface area contributed by atoms with Gasteiger partial charge in [0.25, 0.3) is 0 Å². The van der Waals surface area contributed by atoms with Gasteiger partial charge in [-0.3, -0.25) is 9.13 Å². The number of hydrogen-bond acceptors (Lipinski definition) is 12. The highest BCUT2D eigenvalue weighted by molar-refractivity contribution is 7.69. The van der Waals surface area contributed by atoms with Crippen molar-refractivity contribution in [2.75, 3.05) is 12.3 Å².